The number of aliphatic hydroxyl groups is 1. The number of rotatable bonds is 6. The van der Waals surface area contributed by atoms with Crippen LogP contribution in [0.1, 0.15) is 19.4 Å². The van der Waals surface area contributed by atoms with E-state index in [0.29, 0.717) is 13.2 Å². The summed E-state index contributed by atoms with van der Waals surface area (Å²) < 4.78 is 28.9. The van der Waals surface area contributed by atoms with Gasteiger partial charge in [0, 0.05) is 7.11 Å². The van der Waals surface area contributed by atoms with Gasteiger partial charge in [-0.3, -0.25) is 0 Å². The molecule has 2 aliphatic heterocycles. The average molecular weight is 324 g/mol. The number of fused-ring (bicyclic) bond motifs is 1. The van der Waals surface area contributed by atoms with Crippen molar-refractivity contribution in [2.45, 2.75) is 50.3 Å². The first-order valence-electron chi connectivity index (χ1n) is 7.81. The average Bonchev–Trinajstić information content (AvgIpc) is 3.01. The molecule has 2 fully saturated rings. The maximum Gasteiger partial charge on any atom is 0.221 e. The summed E-state index contributed by atoms with van der Waals surface area (Å²) in [6.45, 7) is 4.19. The first kappa shape index (κ1) is 16.8. The number of ether oxygens (including phenoxy) is 5. The van der Waals surface area contributed by atoms with Gasteiger partial charge in [-0.25, -0.2) is 0 Å². The predicted octanol–water partition coefficient (Wildman–Crippen LogP) is 1.46. The molecule has 0 bridgehead atoms. The van der Waals surface area contributed by atoms with Gasteiger partial charge in [-0.15, -0.1) is 0 Å². The lowest BCUT2D eigenvalue weighted by atomic mass is 10.1. The van der Waals surface area contributed by atoms with Crippen LogP contribution < -0.4 is 0 Å². The summed E-state index contributed by atoms with van der Waals surface area (Å²) >= 11 is 0. The lowest BCUT2D eigenvalue weighted by Crippen LogP contribution is -2.48. The van der Waals surface area contributed by atoms with Gasteiger partial charge in [0.2, 0.25) is 5.79 Å². The van der Waals surface area contributed by atoms with Gasteiger partial charge >= 0.3 is 0 Å². The van der Waals surface area contributed by atoms with Crippen LogP contribution >= 0.6 is 0 Å². The summed E-state index contributed by atoms with van der Waals surface area (Å²) in [5, 5.41) is 9.73. The minimum absolute atomic E-state index is 0.306. The molecular formula is C17H24O6. The topological polar surface area (TPSA) is 66.4 Å². The van der Waals surface area contributed by atoms with Crippen molar-refractivity contribution >= 4 is 0 Å². The monoisotopic (exact) mass is 324 g/mol. The summed E-state index contributed by atoms with van der Waals surface area (Å²) in [5.41, 5.74) is 1.09. The van der Waals surface area contributed by atoms with E-state index in [1.807, 2.05) is 44.2 Å². The molecular weight excluding hydrogens is 300 g/mol. The molecule has 0 aromatic heterocycles. The maximum absolute atomic E-state index is 9.73. The number of hydrogen-bond acceptors (Lipinski definition) is 6. The van der Waals surface area contributed by atoms with Crippen molar-refractivity contribution in [1.82, 2.24) is 0 Å². The third kappa shape index (κ3) is 3.28. The molecule has 0 radical (unpaired) electrons. The largest absolute Gasteiger partial charge is 0.391 e. The minimum atomic E-state index is -1.21. The van der Waals surface area contributed by atoms with Gasteiger partial charge in [0.25, 0.3) is 0 Å². The SMILES string of the molecule is CO[C@]1(CO)O[C@H](COCc2ccccc2)[C@H]2OC(C)(C)O[C@H]21. The second-order valence-electron chi connectivity index (χ2n) is 6.35. The van der Waals surface area contributed by atoms with E-state index in [4.69, 9.17) is 23.7 Å². The van der Waals surface area contributed by atoms with Gasteiger partial charge in [-0.1, -0.05) is 30.3 Å². The molecule has 3 rings (SSSR count). The van der Waals surface area contributed by atoms with Gasteiger partial charge in [0.15, 0.2) is 5.79 Å². The van der Waals surface area contributed by atoms with E-state index in [0.717, 1.165) is 5.56 Å². The summed E-state index contributed by atoms with van der Waals surface area (Å²) in [7, 11) is 1.50. The highest BCUT2D eigenvalue weighted by molar-refractivity contribution is 5.13. The first-order valence-corrected chi connectivity index (χ1v) is 7.81. The first-order chi connectivity index (χ1) is 11.0. The zero-order chi connectivity index (χ0) is 16.5. The molecule has 0 aliphatic carbocycles. The molecule has 2 saturated heterocycles. The second-order valence-corrected chi connectivity index (χ2v) is 6.35. The van der Waals surface area contributed by atoms with E-state index in [-0.39, 0.29) is 18.8 Å². The third-order valence-corrected chi connectivity index (χ3v) is 4.24. The third-order valence-electron chi connectivity index (χ3n) is 4.24. The molecule has 128 valence electrons. The van der Waals surface area contributed by atoms with E-state index >= 15 is 0 Å². The quantitative estimate of drug-likeness (QED) is 0.854. The number of methoxy groups -OCH3 is 1. The van der Waals surface area contributed by atoms with Crippen LogP contribution in [0.3, 0.4) is 0 Å². The lowest BCUT2D eigenvalue weighted by Gasteiger charge is -2.31. The summed E-state index contributed by atoms with van der Waals surface area (Å²) in [4.78, 5) is 0. The highest BCUT2D eigenvalue weighted by atomic mass is 16.8. The molecule has 0 saturated carbocycles. The van der Waals surface area contributed by atoms with E-state index in [2.05, 4.69) is 0 Å². The smallest absolute Gasteiger partial charge is 0.221 e. The van der Waals surface area contributed by atoms with Gasteiger partial charge in [0.1, 0.15) is 24.9 Å². The summed E-state index contributed by atoms with van der Waals surface area (Å²) in [6.07, 6.45) is -1.19. The number of hydrogen-bond donors (Lipinski definition) is 1. The zero-order valence-corrected chi connectivity index (χ0v) is 13.7. The lowest BCUT2D eigenvalue weighted by molar-refractivity contribution is -0.298. The molecule has 1 aromatic carbocycles. The molecule has 4 atom stereocenters. The Kier molecular flexibility index (Phi) is 4.73. The Morgan fingerprint density at radius 3 is 2.52 bits per heavy atom. The van der Waals surface area contributed by atoms with Crippen molar-refractivity contribution in [3.05, 3.63) is 35.9 Å². The van der Waals surface area contributed by atoms with Crippen LogP contribution in [0, 0.1) is 0 Å². The number of aliphatic hydroxyl groups excluding tert-OH is 1. The fourth-order valence-corrected chi connectivity index (χ4v) is 3.14. The Bertz CT molecular complexity index is 513. The van der Waals surface area contributed by atoms with Crippen LogP contribution in [0.25, 0.3) is 0 Å². The van der Waals surface area contributed by atoms with Crippen LogP contribution in [0.15, 0.2) is 30.3 Å². The molecule has 2 aliphatic rings. The molecule has 0 amide bonds. The predicted molar refractivity (Wildman–Crippen MR) is 81.6 cm³/mol. The van der Waals surface area contributed by atoms with Gasteiger partial charge in [-0.05, 0) is 19.4 Å². The van der Waals surface area contributed by atoms with Crippen molar-refractivity contribution in [3.8, 4) is 0 Å². The Labute approximate surface area is 136 Å². The Balaban J connectivity index is 1.65. The van der Waals surface area contributed by atoms with Crippen LogP contribution in [0.5, 0.6) is 0 Å². The van der Waals surface area contributed by atoms with Crippen molar-refractivity contribution in [3.63, 3.8) is 0 Å². The minimum Gasteiger partial charge on any atom is -0.391 e. The van der Waals surface area contributed by atoms with Crippen LogP contribution in [-0.2, 0) is 30.3 Å². The summed E-state index contributed by atoms with van der Waals surface area (Å²) in [5.74, 6) is -1.95. The standard InChI is InChI=1S/C17H24O6/c1-16(2)22-14-13(10-20-9-12-7-5-4-6-8-12)21-17(11-18,19-3)15(14)23-16/h4-8,13-15,18H,9-11H2,1-3H3/t13-,14-,15-,17-/m1/s1. The fraction of sp³-hybridized carbons (Fsp3) is 0.647. The van der Waals surface area contributed by atoms with Gasteiger partial charge < -0.3 is 28.8 Å². The normalized spacial score (nSPS) is 35.4. The Morgan fingerprint density at radius 1 is 1.13 bits per heavy atom. The Morgan fingerprint density at radius 2 is 1.87 bits per heavy atom. The van der Waals surface area contributed by atoms with E-state index < -0.39 is 17.7 Å². The molecule has 0 spiro atoms. The highest BCUT2D eigenvalue weighted by Gasteiger charge is 2.63. The molecule has 0 unspecified atom stereocenters. The maximum atomic E-state index is 9.73. The van der Waals surface area contributed by atoms with Crippen LogP contribution in [-0.4, -0.2) is 55.3 Å². The van der Waals surface area contributed by atoms with Crippen molar-refractivity contribution in [2.75, 3.05) is 20.3 Å². The molecule has 1 N–H and O–H groups in total. The molecule has 2 heterocycles. The second kappa shape index (κ2) is 6.47. The van der Waals surface area contributed by atoms with E-state index in [1.165, 1.54) is 7.11 Å². The van der Waals surface area contributed by atoms with Crippen LogP contribution in [0.4, 0.5) is 0 Å². The van der Waals surface area contributed by atoms with Gasteiger partial charge in [0.05, 0.1) is 13.2 Å². The van der Waals surface area contributed by atoms with Crippen molar-refractivity contribution < 1.29 is 28.8 Å². The number of benzene rings is 1. The van der Waals surface area contributed by atoms with Gasteiger partial charge in [-0.2, -0.15) is 0 Å². The molecule has 1 aromatic rings. The Hall–Kier alpha value is -1.02. The molecule has 23 heavy (non-hydrogen) atoms. The van der Waals surface area contributed by atoms with E-state index in [9.17, 15) is 5.11 Å². The molecule has 6 nitrogen and oxygen atoms in total. The fourth-order valence-electron chi connectivity index (χ4n) is 3.14. The molecule has 6 heteroatoms. The van der Waals surface area contributed by atoms with Crippen LogP contribution in [0.2, 0.25) is 0 Å². The van der Waals surface area contributed by atoms with E-state index in [1.54, 1.807) is 0 Å². The van der Waals surface area contributed by atoms with Crippen molar-refractivity contribution in [1.29, 1.82) is 0 Å². The highest BCUT2D eigenvalue weighted by Crippen LogP contribution is 2.44. The zero-order valence-electron chi connectivity index (χ0n) is 13.7. The van der Waals surface area contributed by atoms with Crippen molar-refractivity contribution in [2.24, 2.45) is 0 Å². The summed E-state index contributed by atoms with van der Waals surface area (Å²) in [6, 6.07) is 9.92.